The van der Waals surface area contributed by atoms with Crippen molar-refractivity contribution in [1.29, 1.82) is 0 Å². The van der Waals surface area contributed by atoms with E-state index in [1.165, 1.54) is 5.56 Å². The molecule has 2 aliphatic rings. The summed E-state index contributed by atoms with van der Waals surface area (Å²) in [6, 6.07) is 15.0. The lowest BCUT2D eigenvalue weighted by Crippen LogP contribution is -2.50. The number of rotatable bonds is 6. The van der Waals surface area contributed by atoms with E-state index in [0.29, 0.717) is 19.2 Å². The molecule has 3 heterocycles. The van der Waals surface area contributed by atoms with Crippen molar-refractivity contribution in [3.63, 3.8) is 0 Å². The second-order valence-corrected chi connectivity index (χ2v) is 8.71. The predicted octanol–water partition coefficient (Wildman–Crippen LogP) is 3.43. The average Bonchev–Trinajstić information content (AvgIpc) is 3.55. The topological polar surface area (TPSA) is 59.4 Å². The molecule has 5 rings (SSSR count). The molecule has 1 saturated heterocycles. The van der Waals surface area contributed by atoms with E-state index in [4.69, 9.17) is 9.72 Å². The van der Waals surface area contributed by atoms with E-state index < -0.39 is 6.10 Å². The molecule has 2 atom stereocenters. The van der Waals surface area contributed by atoms with Gasteiger partial charge in [0.05, 0.1) is 23.9 Å². The highest BCUT2D eigenvalue weighted by molar-refractivity contribution is 5.84. The number of carbonyl (C=O) groups excluding carboxylic acids is 1. The van der Waals surface area contributed by atoms with Crippen LogP contribution in [0.5, 0.6) is 0 Å². The molecule has 1 saturated carbocycles. The molecule has 1 amide bonds. The molecule has 2 aromatic heterocycles. The van der Waals surface area contributed by atoms with Crippen LogP contribution in [0, 0.1) is 6.92 Å². The van der Waals surface area contributed by atoms with E-state index in [1.54, 1.807) is 0 Å². The molecule has 0 unspecified atom stereocenters. The maximum absolute atomic E-state index is 13.3. The SMILES string of the molecule is Cc1nc([C@@H](C)N(C(=O)[C@H]2CNCCO2)C2CC2)cc2c1ccn2Cc1ccccc1. The van der Waals surface area contributed by atoms with Crippen LogP contribution < -0.4 is 5.32 Å². The van der Waals surface area contributed by atoms with E-state index in [9.17, 15) is 4.79 Å². The second-order valence-electron chi connectivity index (χ2n) is 8.71. The minimum absolute atomic E-state index is 0.0846. The summed E-state index contributed by atoms with van der Waals surface area (Å²) in [5.74, 6) is 0.0846. The Labute approximate surface area is 183 Å². The number of hydrogen-bond acceptors (Lipinski definition) is 4. The number of ether oxygens (including phenoxy) is 1. The van der Waals surface area contributed by atoms with Crippen molar-refractivity contribution in [2.24, 2.45) is 0 Å². The van der Waals surface area contributed by atoms with Gasteiger partial charge in [-0.1, -0.05) is 30.3 Å². The zero-order valence-corrected chi connectivity index (χ0v) is 18.3. The van der Waals surface area contributed by atoms with Gasteiger partial charge in [-0.25, -0.2) is 0 Å². The summed E-state index contributed by atoms with van der Waals surface area (Å²) in [6.07, 6.45) is 3.85. The summed E-state index contributed by atoms with van der Waals surface area (Å²) in [5, 5.41) is 4.44. The lowest BCUT2D eigenvalue weighted by molar-refractivity contribution is -0.148. The van der Waals surface area contributed by atoms with Gasteiger partial charge >= 0.3 is 0 Å². The van der Waals surface area contributed by atoms with E-state index in [1.807, 2.05) is 11.0 Å². The molecule has 6 heteroatoms. The van der Waals surface area contributed by atoms with Crippen LogP contribution in [0.15, 0.2) is 48.7 Å². The Balaban J connectivity index is 1.46. The highest BCUT2D eigenvalue weighted by Gasteiger charge is 2.40. The monoisotopic (exact) mass is 418 g/mol. The molecule has 31 heavy (non-hydrogen) atoms. The fourth-order valence-corrected chi connectivity index (χ4v) is 4.58. The minimum atomic E-state index is -0.399. The quantitative estimate of drug-likeness (QED) is 0.666. The Morgan fingerprint density at radius 2 is 2.10 bits per heavy atom. The van der Waals surface area contributed by atoms with Crippen molar-refractivity contribution in [2.45, 2.75) is 51.4 Å². The van der Waals surface area contributed by atoms with Gasteiger partial charge in [0.1, 0.15) is 6.10 Å². The Hall–Kier alpha value is -2.70. The highest BCUT2D eigenvalue weighted by Crippen LogP contribution is 2.36. The van der Waals surface area contributed by atoms with Crippen LogP contribution in [0.1, 0.15) is 42.8 Å². The molecule has 3 aromatic rings. The first-order valence-electron chi connectivity index (χ1n) is 11.3. The first kappa shape index (κ1) is 20.2. The van der Waals surface area contributed by atoms with Gasteiger partial charge in [0.25, 0.3) is 5.91 Å². The first-order valence-corrected chi connectivity index (χ1v) is 11.3. The van der Waals surface area contributed by atoms with Crippen molar-refractivity contribution >= 4 is 16.8 Å². The first-order chi connectivity index (χ1) is 15.1. The molecule has 2 fully saturated rings. The van der Waals surface area contributed by atoms with Crippen molar-refractivity contribution < 1.29 is 9.53 Å². The third-order valence-electron chi connectivity index (χ3n) is 6.42. The standard InChI is InChI=1S/C25H30N4O2/c1-17-21-10-12-28(16-19-6-4-3-5-7-19)23(21)14-22(27-17)18(2)29(20-8-9-20)25(30)24-15-26-11-13-31-24/h3-7,10,12,14,18,20,24,26H,8-9,11,13,15-16H2,1-2H3/t18-,24-/m1/s1. The van der Waals surface area contributed by atoms with Gasteiger partial charge < -0.3 is 19.5 Å². The summed E-state index contributed by atoms with van der Waals surface area (Å²) in [4.78, 5) is 20.3. The van der Waals surface area contributed by atoms with Gasteiger partial charge in [0.2, 0.25) is 0 Å². The van der Waals surface area contributed by atoms with Crippen molar-refractivity contribution in [2.75, 3.05) is 19.7 Å². The zero-order valence-electron chi connectivity index (χ0n) is 18.3. The zero-order chi connectivity index (χ0) is 21.4. The molecule has 1 aliphatic carbocycles. The van der Waals surface area contributed by atoms with E-state index in [-0.39, 0.29) is 11.9 Å². The summed E-state index contributed by atoms with van der Waals surface area (Å²) < 4.78 is 8.04. The number of fused-ring (bicyclic) bond motifs is 1. The normalized spacial score (nSPS) is 20.0. The second kappa shape index (κ2) is 8.44. The highest BCUT2D eigenvalue weighted by atomic mass is 16.5. The predicted molar refractivity (Wildman–Crippen MR) is 121 cm³/mol. The van der Waals surface area contributed by atoms with Gasteiger partial charge in [-0.05, 0) is 44.4 Å². The average molecular weight is 419 g/mol. The van der Waals surface area contributed by atoms with Crippen LogP contribution in [0.3, 0.4) is 0 Å². The third kappa shape index (κ3) is 4.10. The molecular weight excluding hydrogens is 388 g/mol. The number of carbonyl (C=O) groups is 1. The van der Waals surface area contributed by atoms with Crippen LogP contribution in [0.4, 0.5) is 0 Å². The fourth-order valence-electron chi connectivity index (χ4n) is 4.58. The maximum Gasteiger partial charge on any atom is 0.253 e. The number of nitrogens with one attached hydrogen (secondary N) is 1. The number of morpholine rings is 1. The summed E-state index contributed by atoms with van der Waals surface area (Å²) in [5.41, 5.74) is 4.38. The molecule has 1 aromatic carbocycles. The number of nitrogens with zero attached hydrogens (tertiary/aromatic N) is 3. The van der Waals surface area contributed by atoms with Gasteiger partial charge in [-0.15, -0.1) is 0 Å². The number of aryl methyl sites for hydroxylation is 1. The van der Waals surface area contributed by atoms with Crippen LogP contribution in [0.25, 0.3) is 10.9 Å². The fraction of sp³-hybridized carbons (Fsp3) is 0.440. The molecule has 1 aliphatic heterocycles. The number of benzene rings is 1. The van der Waals surface area contributed by atoms with Crippen LogP contribution in [-0.2, 0) is 16.1 Å². The number of pyridine rings is 1. The van der Waals surface area contributed by atoms with Gasteiger partial charge in [-0.2, -0.15) is 0 Å². The molecule has 0 spiro atoms. The molecular formula is C25H30N4O2. The van der Waals surface area contributed by atoms with Crippen molar-refractivity contribution in [1.82, 2.24) is 19.8 Å². The van der Waals surface area contributed by atoms with Gasteiger partial charge in [-0.3, -0.25) is 9.78 Å². The minimum Gasteiger partial charge on any atom is -0.366 e. The van der Waals surface area contributed by atoms with Crippen molar-refractivity contribution in [3.05, 3.63) is 65.6 Å². The van der Waals surface area contributed by atoms with Crippen molar-refractivity contribution in [3.8, 4) is 0 Å². The number of aromatic nitrogens is 2. The van der Waals surface area contributed by atoms with E-state index in [0.717, 1.165) is 48.2 Å². The lowest BCUT2D eigenvalue weighted by atomic mass is 10.1. The molecule has 162 valence electrons. The number of hydrogen-bond donors (Lipinski definition) is 1. The molecule has 0 bridgehead atoms. The Morgan fingerprint density at radius 3 is 2.81 bits per heavy atom. The Morgan fingerprint density at radius 1 is 1.29 bits per heavy atom. The summed E-state index contributed by atoms with van der Waals surface area (Å²) >= 11 is 0. The Kier molecular flexibility index (Phi) is 5.50. The van der Waals surface area contributed by atoms with E-state index >= 15 is 0 Å². The van der Waals surface area contributed by atoms with Gasteiger partial charge in [0.15, 0.2) is 0 Å². The summed E-state index contributed by atoms with van der Waals surface area (Å²) in [6.45, 7) is 6.94. The van der Waals surface area contributed by atoms with Crippen LogP contribution in [-0.4, -0.2) is 52.2 Å². The Bertz CT molecular complexity index is 1070. The molecule has 6 nitrogen and oxygen atoms in total. The van der Waals surface area contributed by atoms with Gasteiger partial charge in [0, 0.05) is 43.0 Å². The summed E-state index contributed by atoms with van der Waals surface area (Å²) in [7, 11) is 0. The molecule has 1 N–H and O–H groups in total. The maximum atomic E-state index is 13.3. The van der Waals surface area contributed by atoms with Crippen LogP contribution in [0.2, 0.25) is 0 Å². The lowest BCUT2D eigenvalue weighted by Gasteiger charge is -2.34. The van der Waals surface area contributed by atoms with Crippen LogP contribution >= 0.6 is 0 Å². The number of amides is 1. The van der Waals surface area contributed by atoms with E-state index in [2.05, 4.69) is 66.3 Å². The largest absolute Gasteiger partial charge is 0.366 e. The smallest absolute Gasteiger partial charge is 0.253 e. The molecule has 0 radical (unpaired) electrons. The third-order valence-corrected chi connectivity index (χ3v) is 6.42.